The van der Waals surface area contributed by atoms with Crippen molar-refractivity contribution in [3.05, 3.63) is 0 Å². The number of carboxylic acid groups (broad SMARTS) is 1. The molecule has 1 aliphatic heterocycles. The molecule has 2 fully saturated rings. The van der Waals surface area contributed by atoms with Crippen LogP contribution in [0.3, 0.4) is 0 Å². The van der Waals surface area contributed by atoms with Crippen LogP contribution in [0.1, 0.15) is 71.6 Å². The van der Waals surface area contributed by atoms with Gasteiger partial charge < -0.3 is 10.0 Å². The van der Waals surface area contributed by atoms with Crippen LogP contribution in [0.25, 0.3) is 0 Å². The first-order chi connectivity index (χ1) is 9.63. The van der Waals surface area contributed by atoms with Crippen molar-refractivity contribution < 1.29 is 9.90 Å². The predicted molar refractivity (Wildman–Crippen MR) is 81.8 cm³/mol. The molecule has 0 aromatic carbocycles. The molecule has 2 unspecified atom stereocenters. The first-order valence-electron chi connectivity index (χ1n) is 8.60. The maximum atomic E-state index is 11.7. The van der Waals surface area contributed by atoms with Gasteiger partial charge in [-0.3, -0.25) is 4.79 Å². The fraction of sp³-hybridized carbons (Fsp3) is 0.941. The first-order valence-corrected chi connectivity index (χ1v) is 8.60. The van der Waals surface area contributed by atoms with Crippen LogP contribution in [-0.4, -0.2) is 35.1 Å². The van der Waals surface area contributed by atoms with E-state index in [2.05, 4.69) is 18.7 Å². The van der Waals surface area contributed by atoms with Crippen LogP contribution in [-0.2, 0) is 4.79 Å². The molecule has 0 spiro atoms. The van der Waals surface area contributed by atoms with E-state index in [1.54, 1.807) is 0 Å². The topological polar surface area (TPSA) is 40.5 Å². The molecule has 3 nitrogen and oxygen atoms in total. The highest BCUT2D eigenvalue weighted by Gasteiger charge is 2.42. The van der Waals surface area contributed by atoms with Crippen LogP contribution in [0.2, 0.25) is 0 Å². The average Bonchev–Trinajstić information content (AvgIpc) is 2.48. The second-order valence-corrected chi connectivity index (χ2v) is 6.89. The molecule has 0 radical (unpaired) electrons. The minimum absolute atomic E-state index is 0.429. The van der Waals surface area contributed by atoms with Gasteiger partial charge in [-0.25, -0.2) is 0 Å². The van der Waals surface area contributed by atoms with Crippen LogP contribution in [0.15, 0.2) is 0 Å². The van der Waals surface area contributed by atoms with Gasteiger partial charge in [0.15, 0.2) is 0 Å². The molecule has 0 amide bonds. The van der Waals surface area contributed by atoms with E-state index in [1.165, 1.54) is 32.1 Å². The zero-order valence-corrected chi connectivity index (χ0v) is 13.2. The lowest BCUT2D eigenvalue weighted by molar-refractivity contribution is -0.153. The molecule has 1 aliphatic carbocycles. The van der Waals surface area contributed by atoms with E-state index < -0.39 is 11.4 Å². The first kappa shape index (κ1) is 15.8. The van der Waals surface area contributed by atoms with Crippen molar-refractivity contribution in [3.8, 4) is 0 Å². The van der Waals surface area contributed by atoms with Crippen molar-refractivity contribution in [1.82, 2.24) is 4.90 Å². The van der Waals surface area contributed by atoms with E-state index in [4.69, 9.17) is 0 Å². The monoisotopic (exact) mass is 281 g/mol. The van der Waals surface area contributed by atoms with E-state index in [9.17, 15) is 9.90 Å². The lowest BCUT2D eigenvalue weighted by Gasteiger charge is -2.46. The quantitative estimate of drug-likeness (QED) is 0.830. The van der Waals surface area contributed by atoms with Crippen LogP contribution in [0.5, 0.6) is 0 Å². The summed E-state index contributed by atoms with van der Waals surface area (Å²) < 4.78 is 0. The summed E-state index contributed by atoms with van der Waals surface area (Å²) in [7, 11) is 0. The van der Waals surface area contributed by atoms with Gasteiger partial charge in [0.05, 0.1) is 5.41 Å². The maximum Gasteiger partial charge on any atom is 0.309 e. The van der Waals surface area contributed by atoms with E-state index >= 15 is 0 Å². The van der Waals surface area contributed by atoms with Gasteiger partial charge in [0.2, 0.25) is 0 Å². The largest absolute Gasteiger partial charge is 0.481 e. The third kappa shape index (κ3) is 3.19. The Kier molecular flexibility index (Phi) is 5.48. The standard InChI is InChI=1S/C17H31NO2/c1-3-9-17(16(19)20)10-12-18(13-11-17)15-8-6-5-7-14(15)4-2/h14-15H,3-13H2,1-2H3,(H,19,20). The average molecular weight is 281 g/mol. The van der Waals surface area contributed by atoms with Crippen molar-refractivity contribution in [2.45, 2.75) is 77.7 Å². The fourth-order valence-electron chi connectivity index (χ4n) is 4.48. The number of carbonyl (C=O) groups is 1. The number of hydrogen-bond acceptors (Lipinski definition) is 2. The molecule has 0 bridgehead atoms. The molecule has 116 valence electrons. The van der Waals surface area contributed by atoms with E-state index in [-0.39, 0.29) is 0 Å². The van der Waals surface area contributed by atoms with Crippen molar-refractivity contribution in [2.75, 3.05) is 13.1 Å². The molecule has 2 aliphatic rings. The third-order valence-electron chi connectivity index (χ3n) is 5.80. The molecule has 20 heavy (non-hydrogen) atoms. The molecule has 2 atom stereocenters. The van der Waals surface area contributed by atoms with Gasteiger partial charge in [-0.1, -0.05) is 39.5 Å². The zero-order chi connectivity index (χ0) is 14.6. The molecule has 1 heterocycles. The molecule has 1 saturated carbocycles. The summed E-state index contributed by atoms with van der Waals surface area (Å²) in [4.78, 5) is 14.3. The van der Waals surface area contributed by atoms with Crippen molar-refractivity contribution in [2.24, 2.45) is 11.3 Å². The van der Waals surface area contributed by atoms with Gasteiger partial charge in [-0.2, -0.15) is 0 Å². The second-order valence-electron chi connectivity index (χ2n) is 6.89. The number of piperidine rings is 1. The molecule has 3 heteroatoms. The third-order valence-corrected chi connectivity index (χ3v) is 5.80. The number of aliphatic carboxylic acids is 1. The van der Waals surface area contributed by atoms with Crippen molar-refractivity contribution >= 4 is 5.97 Å². The summed E-state index contributed by atoms with van der Waals surface area (Å²) in [5.41, 5.74) is -0.429. The Bertz CT molecular complexity index is 321. The van der Waals surface area contributed by atoms with Crippen molar-refractivity contribution in [1.29, 1.82) is 0 Å². The number of nitrogens with zero attached hydrogens (tertiary/aromatic N) is 1. The van der Waals surface area contributed by atoms with Gasteiger partial charge in [-0.05, 0) is 51.1 Å². The Morgan fingerprint density at radius 2 is 1.85 bits per heavy atom. The van der Waals surface area contributed by atoms with Crippen LogP contribution in [0.4, 0.5) is 0 Å². The normalized spacial score (nSPS) is 31.1. The highest BCUT2D eigenvalue weighted by molar-refractivity contribution is 5.74. The van der Waals surface area contributed by atoms with Crippen LogP contribution in [0, 0.1) is 11.3 Å². The summed E-state index contributed by atoms with van der Waals surface area (Å²) in [5.74, 6) is 0.280. The Hall–Kier alpha value is -0.570. The van der Waals surface area contributed by atoms with Crippen LogP contribution < -0.4 is 0 Å². The minimum atomic E-state index is -0.560. The summed E-state index contributed by atoms with van der Waals surface area (Å²) in [6.07, 6.45) is 10.2. The molecule has 1 N–H and O–H groups in total. The Morgan fingerprint density at radius 1 is 1.20 bits per heavy atom. The van der Waals surface area contributed by atoms with Gasteiger partial charge in [0.25, 0.3) is 0 Å². The summed E-state index contributed by atoms with van der Waals surface area (Å²) in [6.45, 7) is 6.40. The van der Waals surface area contributed by atoms with Gasteiger partial charge in [0, 0.05) is 6.04 Å². The highest BCUT2D eigenvalue weighted by Crippen LogP contribution is 2.39. The van der Waals surface area contributed by atoms with Crippen molar-refractivity contribution in [3.63, 3.8) is 0 Å². The molecule has 2 rings (SSSR count). The summed E-state index contributed by atoms with van der Waals surface area (Å²) in [5, 5.41) is 9.60. The van der Waals surface area contributed by atoms with Gasteiger partial charge in [-0.15, -0.1) is 0 Å². The van der Waals surface area contributed by atoms with E-state index in [1.807, 2.05) is 0 Å². The van der Waals surface area contributed by atoms with Gasteiger partial charge >= 0.3 is 5.97 Å². The molecular weight excluding hydrogens is 250 g/mol. The van der Waals surface area contributed by atoms with Crippen LogP contribution >= 0.6 is 0 Å². The molecule has 0 aromatic heterocycles. The number of likely N-dealkylation sites (tertiary alicyclic amines) is 1. The fourth-order valence-corrected chi connectivity index (χ4v) is 4.48. The Morgan fingerprint density at radius 3 is 2.40 bits per heavy atom. The van der Waals surface area contributed by atoms with E-state index in [0.29, 0.717) is 0 Å². The highest BCUT2D eigenvalue weighted by atomic mass is 16.4. The lowest BCUT2D eigenvalue weighted by atomic mass is 9.73. The number of hydrogen-bond donors (Lipinski definition) is 1. The zero-order valence-electron chi connectivity index (χ0n) is 13.2. The van der Waals surface area contributed by atoms with Gasteiger partial charge in [0.1, 0.15) is 0 Å². The Balaban J connectivity index is 1.97. The SMILES string of the molecule is CCCC1(C(=O)O)CCN(C2CCCCC2CC)CC1. The minimum Gasteiger partial charge on any atom is -0.481 e. The molecule has 0 aromatic rings. The Labute approximate surface area is 123 Å². The second kappa shape index (κ2) is 6.93. The lowest BCUT2D eigenvalue weighted by Crippen LogP contribution is -2.50. The maximum absolute atomic E-state index is 11.7. The number of rotatable bonds is 5. The summed E-state index contributed by atoms with van der Waals surface area (Å²) >= 11 is 0. The van der Waals surface area contributed by atoms with E-state index in [0.717, 1.165) is 50.7 Å². The molecular formula is C17H31NO2. The number of carboxylic acids is 1. The smallest absolute Gasteiger partial charge is 0.309 e. The summed E-state index contributed by atoms with van der Waals surface area (Å²) in [6, 6.07) is 0.724. The molecule has 1 saturated heterocycles. The predicted octanol–water partition coefficient (Wildman–Crippen LogP) is 3.92.